The van der Waals surface area contributed by atoms with Crippen LogP contribution in [0.4, 0.5) is 14.6 Å². The Bertz CT molecular complexity index is 977. The monoisotopic (exact) mass is 445 g/mol. The lowest BCUT2D eigenvalue weighted by atomic mass is 9.93. The first-order valence-corrected chi connectivity index (χ1v) is 11.7. The minimum absolute atomic E-state index is 0.0325. The molecule has 0 aromatic carbocycles. The third kappa shape index (κ3) is 3.55. The quantitative estimate of drug-likeness (QED) is 0.731. The van der Waals surface area contributed by atoms with E-state index in [1.807, 2.05) is 0 Å². The summed E-state index contributed by atoms with van der Waals surface area (Å²) in [5, 5.41) is 5.04. The lowest BCUT2D eigenvalue weighted by Gasteiger charge is -2.33. The Labute approximate surface area is 185 Å². The summed E-state index contributed by atoms with van der Waals surface area (Å²) in [5.41, 5.74) is 8.52. The summed E-state index contributed by atoms with van der Waals surface area (Å²) in [6.07, 6.45) is 7.47. The average molecular weight is 446 g/mol. The molecule has 2 N–H and O–H groups in total. The maximum absolute atomic E-state index is 12.8. The topological polar surface area (TPSA) is 78.4 Å². The van der Waals surface area contributed by atoms with Crippen molar-refractivity contribution in [3.63, 3.8) is 0 Å². The molecule has 4 fully saturated rings. The molecular formula is C23H29F2N5O2. The van der Waals surface area contributed by atoms with E-state index in [4.69, 9.17) is 15.6 Å². The third-order valence-electron chi connectivity index (χ3n) is 7.89. The van der Waals surface area contributed by atoms with Crippen LogP contribution in [0.2, 0.25) is 0 Å². The number of fused-ring (bicyclic) bond motifs is 1. The van der Waals surface area contributed by atoms with E-state index >= 15 is 0 Å². The van der Waals surface area contributed by atoms with Crippen molar-refractivity contribution < 1.29 is 18.3 Å². The Kier molecular flexibility index (Phi) is 5.06. The second-order valence-electron chi connectivity index (χ2n) is 9.60. The number of aromatic nitrogens is 3. The van der Waals surface area contributed by atoms with E-state index in [0.29, 0.717) is 29.8 Å². The molecule has 0 bridgehead atoms. The first-order chi connectivity index (χ1) is 15.6. The summed E-state index contributed by atoms with van der Waals surface area (Å²) in [6, 6.07) is 4.74. The molecule has 3 saturated carbocycles. The average Bonchev–Trinajstić information content (AvgIpc) is 3.08. The first-order valence-electron chi connectivity index (χ1n) is 11.7. The fourth-order valence-electron chi connectivity index (χ4n) is 5.98. The van der Waals surface area contributed by atoms with Crippen LogP contribution in [0.1, 0.15) is 49.8 Å². The van der Waals surface area contributed by atoms with Crippen molar-refractivity contribution in [1.82, 2.24) is 19.7 Å². The van der Waals surface area contributed by atoms with E-state index in [1.165, 1.54) is 19.3 Å². The highest BCUT2D eigenvalue weighted by Crippen LogP contribution is 2.64. The molecule has 1 unspecified atom stereocenters. The zero-order chi connectivity index (χ0) is 21.8. The van der Waals surface area contributed by atoms with Crippen LogP contribution < -0.4 is 10.5 Å². The standard InChI is InChI=1S/C23H29F2N5O2/c24-23(25)32-20-8-13(12-27-22(20)26)19-11-18(28-30(19)14-2-1-3-14)21-16-9-15(10-17(16)21)29-4-6-31-7-5-29/h8,11-12,14-17,21,23H,1-7,9-10H2,(H2,26,27)/t15?,16-,17+,21+. The fourth-order valence-corrected chi connectivity index (χ4v) is 5.98. The third-order valence-corrected chi connectivity index (χ3v) is 7.89. The largest absolute Gasteiger partial charge is 0.431 e. The molecule has 2 aromatic rings. The number of halogens is 2. The Hall–Kier alpha value is -2.26. The molecule has 3 aliphatic carbocycles. The second kappa shape index (κ2) is 7.95. The van der Waals surface area contributed by atoms with Crippen LogP contribution in [0, 0.1) is 11.8 Å². The normalized spacial score (nSPS) is 30.3. The van der Waals surface area contributed by atoms with E-state index in [2.05, 4.69) is 25.4 Å². The number of nitrogens with zero attached hydrogens (tertiary/aromatic N) is 4. The highest BCUT2D eigenvalue weighted by Gasteiger charge is 2.58. The number of morpholine rings is 1. The molecule has 1 saturated heterocycles. The highest BCUT2D eigenvalue weighted by atomic mass is 19.3. The SMILES string of the molecule is Nc1ncc(-c2cc([C@H]3[C@@H]4CC(N5CCOCC5)C[C@@H]43)nn2C2CCC2)cc1OC(F)F. The Morgan fingerprint density at radius 1 is 1.09 bits per heavy atom. The van der Waals surface area contributed by atoms with Gasteiger partial charge in [0.1, 0.15) is 0 Å². The number of alkyl halides is 2. The molecule has 6 rings (SSSR count). The van der Waals surface area contributed by atoms with Crippen LogP contribution in [-0.2, 0) is 4.74 Å². The molecule has 2 aromatic heterocycles. The van der Waals surface area contributed by atoms with Gasteiger partial charge in [0.25, 0.3) is 0 Å². The summed E-state index contributed by atoms with van der Waals surface area (Å²) >= 11 is 0. The van der Waals surface area contributed by atoms with Gasteiger partial charge in [-0.3, -0.25) is 9.58 Å². The van der Waals surface area contributed by atoms with Crippen LogP contribution >= 0.6 is 0 Å². The number of hydrogen-bond acceptors (Lipinski definition) is 6. The van der Waals surface area contributed by atoms with Gasteiger partial charge in [-0.1, -0.05) is 0 Å². The van der Waals surface area contributed by atoms with Gasteiger partial charge in [0.05, 0.1) is 30.6 Å². The van der Waals surface area contributed by atoms with Crippen molar-refractivity contribution in [3.05, 3.63) is 24.0 Å². The van der Waals surface area contributed by atoms with Crippen LogP contribution in [-0.4, -0.2) is 58.6 Å². The maximum Gasteiger partial charge on any atom is 0.387 e. The van der Waals surface area contributed by atoms with E-state index in [9.17, 15) is 8.78 Å². The summed E-state index contributed by atoms with van der Waals surface area (Å²) in [4.78, 5) is 6.70. The van der Waals surface area contributed by atoms with E-state index in [1.54, 1.807) is 12.3 Å². The number of anilines is 1. The Morgan fingerprint density at radius 3 is 2.50 bits per heavy atom. The summed E-state index contributed by atoms with van der Waals surface area (Å²) < 4.78 is 37.7. The predicted molar refractivity (Wildman–Crippen MR) is 115 cm³/mol. The van der Waals surface area contributed by atoms with Crippen LogP contribution in [0.25, 0.3) is 11.3 Å². The molecule has 32 heavy (non-hydrogen) atoms. The first kappa shape index (κ1) is 20.4. The number of hydrogen-bond donors (Lipinski definition) is 1. The van der Waals surface area contributed by atoms with Crippen molar-refractivity contribution in [3.8, 4) is 17.0 Å². The van der Waals surface area contributed by atoms with Crippen LogP contribution in [0.5, 0.6) is 5.75 Å². The van der Waals surface area contributed by atoms with Gasteiger partial charge in [-0.2, -0.15) is 13.9 Å². The van der Waals surface area contributed by atoms with Gasteiger partial charge in [0.2, 0.25) is 0 Å². The molecule has 0 spiro atoms. The molecule has 3 heterocycles. The smallest absolute Gasteiger partial charge is 0.387 e. The molecular weight excluding hydrogens is 416 g/mol. The molecule has 0 amide bonds. The van der Waals surface area contributed by atoms with Crippen molar-refractivity contribution in [2.45, 2.75) is 56.7 Å². The van der Waals surface area contributed by atoms with Gasteiger partial charge in [-0.25, -0.2) is 4.98 Å². The molecule has 4 atom stereocenters. The van der Waals surface area contributed by atoms with Gasteiger partial charge in [0.15, 0.2) is 11.6 Å². The molecule has 9 heteroatoms. The van der Waals surface area contributed by atoms with E-state index < -0.39 is 6.61 Å². The Morgan fingerprint density at radius 2 is 1.84 bits per heavy atom. The predicted octanol–water partition coefficient (Wildman–Crippen LogP) is 3.68. The van der Waals surface area contributed by atoms with Gasteiger partial charge < -0.3 is 15.2 Å². The minimum Gasteiger partial charge on any atom is -0.431 e. The van der Waals surface area contributed by atoms with Crippen molar-refractivity contribution in [2.75, 3.05) is 32.0 Å². The fraction of sp³-hybridized carbons (Fsp3) is 0.652. The van der Waals surface area contributed by atoms with E-state index in [0.717, 1.165) is 56.1 Å². The number of ether oxygens (including phenoxy) is 2. The maximum atomic E-state index is 12.8. The van der Waals surface area contributed by atoms with Crippen LogP contribution in [0.15, 0.2) is 18.3 Å². The molecule has 172 valence electrons. The summed E-state index contributed by atoms with van der Waals surface area (Å²) in [6.45, 7) is 0.839. The number of nitrogen functional groups attached to an aromatic ring is 1. The molecule has 1 aliphatic heterocycles. The minimum atomic E-state index is -2.94. The molecule has 0 radical (unpaired) electrons. The zero-order valence-corrected chi connectivity index (χ0v) is 18.0. The number of rotatable bonds is 6. The number of nitrogens with two attached hydrogens (primary N) is 1. The van der Waals surface area contributed by atoms with E-state index in [-0.39, 0.29) is 11.6 Å². The molecule has 4 aliphatic rings. The lowest BCUT2D eigenvalue weighted by Crippen LogP contribution is -2.43. The van der Waals surface area contributed by atoms with Crippen molar-refractivity contribution in [2.24, 2.45) is 11.8 Å². The van der Waals surface area contributed by atoms with Gasteiger partial charge in [0, 0.05) is 36.8 Å². The van der Waals surface area contributed by atoms with Gasteiger partial charge in [-0.15, -0.1) is 0 Å². The second-order valence-corrected chi connectivity index (χ2v) is 9.60. The summed E-state index contributed by atoms with van der Waals surface area (Å²) in [5.74, 6) is 1.78. The number of pyridine rings is 1. The van der Waals surface area contributed by atoms with Crippen LogP contribution in [0.3, 0.4) is 0 Å². The van der Waals surface area contributed by atoms with Crippen molar-refractivity contribution in [1.29, 1.82) is 0 Å². The zero-order valence-electron chi connectivity index (χ0n) is 18.0. The molecule has 7 nitrogen and oxygen atoms in total. The van der Waals surface area contributed by atoms with Gasteiger partial charge in [-0.05, 0) is 56.1 Å². The summed E-state index contributed by atoms with van der Waals surface area (Å²) in [7, 11) is 0. The highest BCUT2D eigenvalue weighted by molar-refractivity contribution is 5.65. The van der Waals surface area contributed by atoms with Gasteiger partial charge >= 0.3 is 6.61 Å². The lowest BCUT2D eigenvalue weighted by molar-refractivity contribution is -0.0494. The Balaban J connectivity index is 1.24. The van der Waals surface area contributed by atoms with Crippen molar-refractivity contribution >= 4 is 5.82 Å².